The Bertz CT molecular complexity index is 202. The molecule has 2 heteroatoms. The van der Waals surface area contributed by atoms with Crippen LogP contribution in [0.25, 0.3) is 0 Å². The van der Waals surface area contributed by atoms with Gasteiger partial charge >= 0.3 is 0 Å². The molecule has 0 spiro atoms. The van der Waals surface area contributed by atoms with Gasteiger partial charge in [-0.1, -0.05) is 18.7 Å². The summed E-state index contributed by atoms with van der Waals surface area (Å²) in [6.45, 7) is 3.60. The number of hydrogen-bond acceptors (Lipinski definition) is 0. The van der Waals surface area contributed by atoms with Gasteiger partial charge in [-0.3, -0.25) is 0 Å². The molecule has 0 fully saturated rings. The summed E-state index contributed by atoms with van der Waals surface area (Å²) in [7, 11) is 0. The first kappa shape index (κ1) is 7.95. The summed E-state index contributed by atoms with van der Waals surface area (Å²) in [4.78, 5) is 3.18. The summed E-state index contributed by atoms with van der Waals surface area (Å²) in [5.74, 6) is 0. The zero-order valence-electron chi connectivity index (χ0n) is 6.53. The van der Waals surface area contributed by atoms with E-state index in [1.54, 1.807) is 6.08 Å². The van der Waals surface area contributed by atoms with Crippen LogP contribution in [0.15, 0.2) is 37.0 Å². The summed E-state index contributed by atoms with van der Waals surface area (Å²) in [5, 5.41) is 0. The van der Waals surface area contributed by atoms with E-state index in [-0.39, 0.29) is 6.04 Å². The maximum atomic E-state index is 3.99. The summed E-state index contributed by atoms with van der Waals surface area (Å²) in [6, 6.07) is 0.634. The van der Waals surface area contributed by atoms with Crippen molar-refractivity contribution in [2.24, 2.45) is 0 Å². The molecule has 1 rings (SSSR count). The lowest BCUT2D eigenvalue weighted by atomic mass is 10.1. The highest BCUT2D eigenvalue weighted by Gasteiger charge is 2.20. The largest absolute Gasteiger partial charge is 0.346 e. The van der Waals surface area contributed by atoms with Gasteiger partial charge in [0.05, 0.1) is 0 Å². The smallest absolute Gasteiger partial charge is 0.224 e. The van der Waals surface area contributed by atoms with Crippen molar-refractivity contribution in [1.29, 1.82) is 0 Å². The van der Waals surface area contributed by atoms with Gasteiger partial charge in [0.2, 0.25) is 6.04 Å². The molecular weight excluding hydrogens is 136 g/mol. The molecule has 2 nitrogen and oxygen atoms in total. The van der Waals surface area contributed by atoms with Crippen molar-refractivity contribution in [2.45, 2.75) is 12.1 Å². The average Bonchev–Trinajstić information content (AvgIpc) is 2.52. The Morgan fingerprint density at radius 1 is 1.64 bits per heavy atom. The average molecular weight is 150 g/mol. The Hall–Kier alpha value is -1.15. The van der Waals surface area contributed by atoms with Crippen molar-refractivity contribution in [1.82, 2.24) is 0 Å². The van der Waals surface area contributed by atoms with Gasteiger partial charge in [-0.2, -0.15) is 0 Å². The van der Waals surface area contributed by atoms with E-state index in [2.05, 4.69) is 23.4 Å². The number of rotatable bonds is 3. The number of allylic oxidation sites excluding steroid dienone is 3. The monoisotopic (exact) mass is 150 g/mol. The zero-order chi connectivity index (χ0) is 8.10. The first-order valence-corrected chi connectivity index (χ1v) is 3.73. The van der Waals surface area contributed by atoms with Crippen molar-refractivity contribution in [3.05, 3.63) is 37.0 Å². The molecule has 0 aliphatic carbocycles. The molecule has 0 aromatic rings. The Balaban J connectivity index is 2.47. The molecule has 0 bridgehead atoms. The molecule has 0 saturated carbocycles. The molecule has 0 radical (unpaired) electrons. The zero-order valence-corrected chi connectivity index (χ0v) is 6.53. The van der Waals surface area contributed by atoms with E-state index >= 15 is 0 Å². The Morgan fingerprint density at radius 3 is 3.00 bits per heavy atom. The fourth-order valence-electron chi connectivity index (χ4n) is 1.00. The minimum Gasteiger partial charge on any atom is -0.346 e. The van der Waals surface area contributed by atoms with Crippen molar-refractivity contribution in [3.63, 3.8) is 0 Å². The van der Waals surface area contributed by atoms with Crippen LogP contribution in [0.1, 0.15) is 0 Å². The van der Waals surface area contributed by atoms with E-state index in [4.69, 9.17) is 0 Å². The lowest BCUT2D eigenvalue weighted by molar-refractivity contribution is -0.546. The second-order valence-corrected chi connectivity index (χ2v) is 2.53. The van der Waals surface area contributed by atoms with Gasteiger partial charge in [0.15, 0.2) is 12.3 Å². The Kier molecular flexibility index (Phi) is 2.81. The van der Waals surface area contributed by atoms with Crippen molar-refractivity contribution in [2.75, 3.05) is 0 Å². The molecule has 1 heterocycles. The fourth-order valence-corrected chi connectivity index (χ4v) is 1.00. The molecule has 2 unspecified atom stereocenters. The molecule has 58 valence electrons. The third-order valence-electron chi connectivity index (χ3n) is 1.66. The van der Waals surface area contributed by atoms with Crippen molar-refractivity contribution < 1.29 is 10.7 Å². The quantitative estimate of drug-likeness (QED) is 0.456. The van der Waals surface area contributed by atoms with Gasteiger partial charge in [0, 0.05) is 6.08 Å². The third-order valence-corrected chi connectivity index (χ3v) is 1.66. The fraction of sp³-hybridized carbons (Fsp3) is 0.222. The highest BCUT2D eigenvalue weighted by Crippen LogP contribution is 1.89. The molecule has 1 aliphatic heterocycles. The maximum absolute atomic E-state index is 3.99. The second kappa shape index (κ2) is 3.88. The van der Waals surface area contributed by atoms with Gasteiger partial charge in [0.1, 0.15) is 0 Å². The van der Waals surface area contributed by atoms with Crippen LogP contribution >= 0.6 is 0 Å². The minimum absolute atomic E-state index is 0.281. The molecular formula is C9H14N2+2. The standard InChI is InChI=1S/C9H12N2/c1-2-3-5-8(10)9-6-4-7-11-9/h2-9H,1,10H2/p+2/b5-3-. The molecule has 0 aromatic heterocycles. The summed E-state index contributed by atoms with van der Waals surface area (Å²) in [5.41, 5.74) is 3.99. The van der Waals surface area contributed by atoms with Crippen LogP contribution in [0, 0.1) is 0 Å². The van der Waals surface area contributed by atoms with Crippen LogP contribution in [0.5, 0.6) is 0 Å². The van der Waals surface area contributed by atoms with E-state index in [1.807, 2.05) is 24.4 Å². The number of hydrogen-bond donors (Lipinski definition) is 2. The van der Waals surface area contributed by atoms with Crippen LogP contribution in [0.2, 0.25) is 0 Å². The Labute approximate surface area is 66.8 Å². The van der Waals surface area contributed by atoms with Gasteiger partial charge < -0.3 is 5.73 Å². The molecule has 0 aromatic carbocycles. The highest BCUT2D eigenvalue weighted by atomic mass is 14.8. The van der Waals surface area contributed by atoms with Gasteiger partial charge in [-0.05, 0) is 12.2 Å². The van der Waals surface area contributed by atoms with Crippen LogP contribution in [-0.4, -0.2) is 18.3 Å². The van der Waals surface area contributed by atoms with E-state index in [0.717, 1.165) is 0 Å². The van der Waals surface area contributed by atoms with Crippen LogP contribution < -0.4 is 10.7 Å². The van der Waals surface area contributed by atoms with Crippen LogP contribution in [0.3, 0.4) is 0 Å². The number of nitrogens with one attached hydrogen (secondary N) is 1. The van der Waals surface area contributed by atoms with E-state index in [9.17, 15) is 0 Å². The summed E-state index contributed by atoms with van der Waals surface area (Å²) < 4.78 is 0. The maximum Gasteiger partial charge on any atom is 0.224 e. The van der Waals surface area contributed by atoms with Crippen molar-refractivity contribution in [3.8, 4) is 0 Å². The molecule has 0 amide bonds. The topological polar surface area (TPSA) is 41.6 Å². The first-order chi connectivity index (χ1) is 5.34. The predicted octanol–water partition coefficient (Wildman–Crippen LogP) is -1.57. The van der Waals surface area contributed by atoms with Crippen LogP contribution in [0.4, 0.5) is 0 Å². The van der Waals surface area contributed by atoms with Crippen LogP contribution in [-0.2, 0) is 0 Å². The lowest BCUT2D eigenvalue weighted by Gasteiger charge is -2.00. The van der Waals surface area contributed by atoms with Gasteiger partial charge in [-0.15, -0.1) is 0 Å². The van der Waals surface area contributed by atoms with E-state index in [1.165, 1.54) is 0 Å². The summed E-state index contributed by atoms with van der Waals surface area (Å²) in [6.07, 6.45) is 11.8. The van der Waals surface area contributed by atoms with E-state index in [0.29, 0.717) is 6.04 Å². The first-order valence-electron chi connectivity index (χ1n) is 3.73. The molecule has 2 atom stereocenters. The van der Waals surface area contributed by atoms with E-state index < -0.39 is 0 Å². The van der Waals surface area contributed by atoms with Crippen molar-refractivity contribution >= 4 is 6.21 Å². The summed E-state index contributed by atoms with van der Waals surface area (Å²) >= 11 is 0. The predicted molar refractivity (Wildman–Crippen MR) is 46.0 cm³/mol. The molecule has 0 saturated heterocycles. The minimum atomic E-state index is 0.281. The second-order valence-electron chi connectivity index (χ2n) is 2.53. The molecule has 1 aliphatic rings. The molecule has 4 N–H and O–H groups in total. The molecule has 11 heavy (non-hydrogen) atoms. The highest BCUT2D eigenvalue weighted by molar-refractivity contribution is 5.67. The Morgan fingerprint density at radius 2 is 2.45 bits per heavy atom. The number of quaternary nitrogens is 1. The van der Waals surface area contributed by atoms with Gasteiger partial charge in [-0.25, -0.2) is 4.99 Å². The normalized spacial score (nSPS) is 24.6. The van der Waals surface area contributed by atoms with Gasteiger partial charge in [0.25, 0.3) is 0 Å². The third kappa shape index (κ3) is 2.16. The lowest BCUT2D eigenvalue weighted by Crippen LogP contribution is -2.84. The SMILES string of the molecule is C=C/C=C\C([NH3+])C1C=CC=[NH+]1.